The maximum atomic E-state index is 11.3. The average Bonchev–Trinajstić information content (AvgIpc) is 2.11. The van der Waals surface area contributed by atoms with Gasteiger partial charge < -0.3 is 10.1 Å². The lowest BCUT2D eigenvalue weighted by atomic mass is 10.2. The number of carbonyl (C=O) groups is 1. The van der Waals surface area contributed by atoms with Gasteiger partial charge in [0.25, 0.3) is 0 Å². The molecule has 7 heteroatoms. The number of hydrogen-bond donors (Lipinski definition) is 2. The van der Waals surface area contributed by atoms with Crippen LogP contribution in [0.1, 0.15) is 27.7 Å². The minimum atomic E-state index is -3.36. The van der Waals surface area contributed by atoms with Crippen LogP contribution in [-0.4, -0.2) is 39.0 Å². The third-order valence-corrected chi connectivity index (χ3v) is 3.54. The van der Waals surface area contributed by atoms with Crippen LogP contribution >= 0.6 is 0 Å². The molecule has 0 radical (unpaired) electrons. The first-order chi connectivity index (χ1) is 7.08. The van der Waals surface area contributed by atoms with Gasteiger partial charge in [0.15, 0.2) is 0 Å². The lowest BCUT2D eigenvalue weighted by Crippen LogP contribution is -2.41. The highest BCUT2D eigenvalue weighted by molar-refractivity contribution is 7.90. The van der Waals surface area contributed by atoms with Crippen LogP contribution in [0.25, 0.3) is 0 Å². The third-order valence-electron chi connectivity index (χ3n) is 1.75. The Morgan fingerprint density at radius 2 is 1.88 bits per heavy atom. The molecule has 0 saturated carbocycles. The van der Waals surface area contributed by atoms with E-state index in [1.807, 2.05) is 0 Å². The van der Waals surface area contributed by atoms with Crippen molar-refractivity contribution < 1.29 is 17.9 Å². The molecule has 0 aromatic heterocycles. The number of amides is 1. The summed E-state index contributed by atoms with van der Waals surface area (Å²) in [6.07, 6.45) is -0.620. The topological polar surface area (TPSA) is 84.5 Å². The molecule has 1 atom stereocenters. The van der Waals surface area contributed by atoms with Crippen LogP contribution in [0.3, 0.4) is 0 Å². The van der Waals surface area contributed by atoms with Gasteiger partial charge in [-0.2, -0.15) is 0 Å². The van der Waals surface area contributed by atoms with Crippen molar-refractivity contribution in [1.82, 2.24) is 10.0 Å². The van der Waals surface area contributed by atoms with Gasteiger partial charge in [-0.15, -0.1) is 0 Å². The van der Waals surface area contributed by atoms with E-state index in [-0.39, 0.29) is 6.54 Å². The molecule has 0 aliphatic heterocycles. The van der Waals surface area contributed by atoms with E-state index >= 15 is 0 Å². The molecule has 0 saturated heterocycles. The van der Waals surface area contributed by atoms with E-state index in [2.05, 4.69) is 10.0 Å². The first-order valence-corrected chi connectivity index (χ1v) is 6.52. The van der Waals surface area contributed by atoms with Crippen molar-refractivity contribution in [2.24, 2.45) is 0 Å². The molecule has 0 unspecified atom stereocenters. The maximum absolute atomic E-state index is 11.3. The molecular formula is C9H20N2O4S. The predicted molar refractivity (Wildman–Crippen MR) is 61.7 cm³/mol. The average molecular weight is 252 g/mol. The molecule has 0 bridgehead atoms. The number of rotatable bonds is 4. The van der Waals surface area contributed by atoms with E-state index in [4.69, 9.17) is 4.74 Å². The van der Waals surface area contributed by atoms with Crippen molar-refractivity contribution in [1.29, 1.82) is 0 Å². The fraction of sp³-hybridized carbons (Fsp3) is 0.889. The highest BCUT2D eigenvalue weighted by Crippen LogP contribution is 2.06. The first-order valence-electron chi connectivity index (χ1n) is 4.97. The molecule has 0 rings (SSSR count). The minimum absolute atomic E-state index is 0.0120. The summed E-state index contributed by atoms with van der Waals surface area (Å²) in [4.78, 5) is 11.2. The smallest absolute Gasteiger partial charge is 0.407 e. The van der Waals surface area contributed by atoms with Crippen molar-refractivity contribution in [2.45, 2.75) is 38.5 Å². The zero-order valence-corrected chi connectivity index (χ0v) is 11.1. The molecule has 0 fully saturated rings. The second kappa shape index (κ2) is 5.49. The summed E-state index contributed by atoms with van der Waals surface area (Å²) in [7, 11) is -2.03. The molecular weight excluding hydrogens is 232 g/mol. The van der Waals surface area contributed by atoms with E-state index in [1.54, 1.807) is 20.8 Å². The normalized spacial score (nSPS) is 14.3. The molecule has 6 nitrogen and oxygen atoms in total. The number of sulfonamides is 1. The van der Waals surface area contributed by atoms with Crippen LogP contribution < -0.4 is 10.0 Å². The van der Waals surface area contributed by atoms with Crippen molar-refractivity contribution in [3.05, 3.63) is 0 Å². The van der Waals surface area contributed by atoms with Crippen LogP contribution in [0.5, 0.6) is 0 Å². The summed E-state index contributed by atoms with van der Waals surface area (Å²) < 4.78 is 29.7. The van der Waals surface area contributed by atoms with Gasteiger partial charge in [-0.3, -0.25) is 0 Å². The minimum Gasteiger partial charge on any atom is -0.444 e. The molecule has 16 heavy (non-hydrogen) atoms. The zero-order valence-electron chi connectivity index (χ0n) is 10.3. The molecule has 0 aromatic rings. The SMILES string of the molecule is CNS(=O)(=O)[C@H](C)CNC(=O)OC(C)(C)C. The Balaban J connectivity index is 4.13. The van der Waals surface area contributed by atoms with Crippen LogP contribution in [-0.2, 0) is 14.8 Å². The third kappa shape index (κ3) is 5.92. The highest BCUT2D eigenvalue weighted by atomic mass is 32.2. The summed E-state index contributed by atoms with van der Waals surface area (Å²) in [6.45, 7) is 6.72. The summed E-state index contributed by atoms with van der Waals surface area (Å²) in [5.74, 6) is 0. The molecule has 1 amide bonds. The van der Waals surface area contributed by atoms with Crippen LogP contribution in [0, 0.1) is 0 Å². The van der Waals surface area contributed by atoms with Crippen molar-refractivity contribution in [3.63, 3.8) is 0 Å². The molecule has 0 aromatic carbocycles. The molecule has 0 spiro atoms. The standard InChI is InChI=1S/C9H20N2O4S/c1-7(16(13,14)10-5)6-11-8(12)15-9(2,3)4/h7,10H,6H2,1-5H3,(H,11,12)/t7-/m1/s1. The fourth-order valence-corrected chi connectivity index (χ4v) is 1.56. The van der Waals surface area contributed by atoms with Crippen molar-refractivity contribution in [3.8, 4) is 0 Å². The largest absolute Gasteiger partial charge is 0.444 e. The van der Waals surface area contributed by atoms with Gasteiger partial charge >= 0.3 is 6.09 Å². The maximum Gasteiger partial charge on any atom is 0.407 e. The molecule has 0 aliphatic carbocycles. The summed E-state index contributed by atoms with van der Waals surface area (Å²) in [6, 6.07) is 0. The second-order valence-electron chi connectivity index (χ2n) is 4.44. The Morgan fingerprint density at radius 3 is 2.25 bits per heavy atom. The van der Waals surface area contributed by atoms with E-state index in [0.717, 1.165) is 0 Å². The quantitative estimate of drug-likeness (QED) is 0.760. The van der Waals surface area contributed by atoms with E-state index in [1.165, 1.54) is 14.0 Å². The second-order valence-corrected chi connectivity index (χ2v) is 6.75. The lowest BCUT2D eigenvalue weighted by Gasteiger charge is -2.20. The van der Waals surface area contributed by atoms with Gasteiger partial charge in [-0.05, 0) is 34.7 Å². The van der Waals surface area contributed by atoms with Crippen molar-refractivity contribution >= 4 is 16.1 Å². The highest BCUT2D eigenvalue weighted by Gasteiger charge is 2.21. The van der Waals surface area contributed by atoms with Crippen molar-refractivity contribution in [2.75, 3.05) is 13.6 Å². The monoisotopic (exact) mass is 252 g/mol. The van der Waals surface area contributed by atoms with Gasteiger partial charge in [0.2, 0.25) is 10.0 Å². The Kier molecular flexibility index (Phi) is 5.21. The van der Waals surface area contributed by atoms with Crippen LogP contribution in [0.15, 0.2) is 0 Å². The fourth-order valence-electron chi connectivity index (χ4n) is 0.852. The Labute approximate surface area is 96.8 Å². The summed E-state index contributed by atoms with van der Waals surface area (Å²) in [5, 5.41) is 1.70. The van der Waals surface area contributed by atoms with Gasteiger partial charge in [-0.1, -0.05) is 0 Å². The lowest BCUT2D eigenvalue weighted by molar-refractivity contribution is 0.0528. The summed E-state index contributed by atoms with van der Waals surface area (Å²) >= 11 is 0. The van der Waals surface area contributed by atoms with Gasteiger partial charge in [-0.25, -0.2) is 17.9 Å². The van der Waals surface area contributed by atoms with Crippen LogP contribution in [0.2, 0.25) is 0 Å². The molecule has 0 aliphatic rings. The predicted octanol–water partition coefficient (Wildman–Crippen LogP) is 0.449. The number of alkyl carbamates (subject to hydrolysis) is 1. The Morgan fingerprint density at radius 1 is 1.38 bits per heavy atom. The van der Waals surface area contributed by atoms with E-state index in [9.17, 15) is 13.2 Å². The number of nitrogens with one attached hydrogen (secondary N) is 2. The number of ether oxygens (including phenoxy) is 1. The number of carbonyl (C=O) groups excluding carboxylic acids is 1. The van der Waals surface area contributed by atoms with Gasteiger partial charge in [0.1, 0.15) is 5.60 Å². The first kappa shape index (κ1) is 15.2. The van der Waals surface area contributed by atoms with Crippen LogP contribution in [0.4, 0.5) is 4.79 Å². The molecule has 96 valence electrons. The Hall–Kier alpha value is -0.820. The summed E-state index contributed by atoms with van der Waals surface area (Å²) in [5.41, 5.74) is -0.588. The zero-order chi connectivity index (χ0) is 13.0. The van der Waals surface area contributed by atoms with E-state index in [0.29, 0.717) is 0 Å². The number of hydrogen-bond acceptors (Lipinski definition) is 4. The Bertz CT molecular complexity index is 332. The molecule has 0 heterocycles. The van der Waals surface area contributed by atoms with Gasteiger partial charge in [0, 0.05) is 6.54 Å². The molecule has 2 N–H and O–H groups in total. The van der Waals surface area contributed by atoms with E-state index < -0.39 is 27.0 Å². The van der Waals surface area contributed by atoms with Gasteiger partial charge in [0.05, 0.1) is 5.25 Å².